The SMILES string of the molecule is CCOc1cncc(OB(O)O)c1. The van der Waals surface area contributed by atoms with E-state index in [1.54, 1.807) is 0 Å². The molecule has 2 N–H and O–H groups in total. The summed E-state index contributed by atoms with van der Waals surface area (Å²) >= 11 is 0. The highest BCUT2D eigenvalue weighted by molar-refractivity contribution is 6.33. The van der Waals surface area contributed by atoms with E-state index >= 15 is 0 Å². The molecule has 0 unspecified atom stereocenters. The van der Waals surface area contributed by atoms with Crippen LogP contribution in [0.4, 0.5) is 0 Å². The van der Waals surface area contributed by atoms with Crippen molar-refractivity contribution in [1.29, 1.82) is 0 Å². The zero-order valence-electron chi connectivity index (χ0n) is 7.17. The Bertz CT molecular complexity index is 268. The summed E-state index contributed by atoms with van der Waals surface area (Å²) in [4.78, 5) is 3.78. The number of aromatic nitrogens is 1. The van der Waals surface area contributed by atoms with E-state index in [-0.39, 0.29) is 5.75 Å². The predicted molar refractivity (Wildman–Crippen MR) is 46.2 cm³/mol. The van der Waals surface area contributed by atoms with Gasteiger partial charge in [-0.25, -0.2) is 0 Å². The number of nitrogens with zero attached hydrogens (tertiary/aromatic N) is 1. The summed E-state index contributed by atoms with van der Waals surface area (Å²) in [5, 5.41) is 17.0. The molecule has 0 fully saturated rings. The molecule has 0 aliphatic heterocycles. The number of pyridine rings is 1. The lowest BCUT2D eigenvalue weighted by molar-refractivity contribution is 0.285. The highest BCUT2D eigenvalue weighted by atomic mass is 16.6. The smallest absolute Gasteiger partial charge is 0.511 e. The first-order chi connectivity index (χ1) is 6.22. The fourth-order valence-electron chi connectivity index (χ4n) is 0.831. The number of rotatable bonds is 4. The Balaban J connectivity index is 2.67. The van der Waals surface area contributed by atoms with Gasteiger partial charge in [-0.2, -0.15) is 0 Å². The lowest BCUT2D eigenvalue weighted by atomic mass is 10.2. The standard InChI is InChI=1S/C7H10BNO4/c1-2-12-6-3-7(5-9-4-6)13-8(10)11/h3-5,10-11H,2H2,1H3. The zero-order chi connectivity index (χ0) is 9.68. The van der Waals surface area contributed by atoms with Gasteiger partial charge in [-0.1, -0.05) is 0 Å². The fourth-order valence-corrected chi connectivity index (χ4v) is 0.831. The van der Waals surface area contributed by atoms with Crippen LogP contribution in [0.25, 0.3) is 0 Å². The van der Waals surface area contributed by atoms with Crippen molar-refractivity contribution in [3.05, 3.63) is 18.5 Å². The summed E-state index contributed by atoms with van der Waals surface area (Å²) in [7, 11) is -1.83. The van der Waals surface area contributed by atoms with E-state index < -0.39 is 7.32 Å². The third-order valence-corrected chi connectivity index (χ3v) is 1.24. The van der Waals surface area contributed by atoms with E-state index in [0.717, 1.165) is 0 Å². The van der Waals surface area contributed by atoms with Gasteiger partial charge in [0.15, 0.2) is 0 Å². The first-order valence-electron chi connectivity index (χ1n) is 3.83. The summed E-state index contributed by atoms with van der Waals surface area (Å²) in [6.07, 6.45) is 2.88. The maximum Gasteiger partial charge on any atom is 0.707 e. The molecule has 1 rings (SSSR count). The Morgan fingerprint density at radius 3 is 2.69 bits per heavy atom. The van der Waals surface area contributed by atoms with Gasteiger partial charge in [-0.15, -0.1) is 0 Å². The lowest BCUT2D eigenvalue weighted by Gasteiger charge is -2.06. The van der Waals surface area contributed by atoms with Crippen molar-refractivity contribution in [3.8, 4) is 11.5 Å². The van der Waals surface area contributed by atoms with E-state index in [1.807, 2.05) is 6.92 Å². The van der Waals surface area contributed by atoms with Crippen molar-refractivity contribution in [2.24, 2.45) is 0 Å². The second-order valence-electron chi connectivity index (χ2n) is 2.23. The van der Waals surface area contributed by atoms with Crippen molar-refractivity contribution >= 4 is 7.32 Å². The fraction of sp³-hybridized carbons (Fsp3) is 0.286. The molecule has 0 spiro atoms. The van der Waals surface area contributed by atoms with Gasteiger partial charge < -0.3 is 19.4 Å². The average Bonchev–Trinajstić information content (AvgIpc) is 2.04. The van der Waals surface area contributed by atoms with Crippen LogP contribution in [-0.4, -0.2) is 29.0 Å². The normalized spacial score (nSPS) is 9.46. The van der Waals surface area contributed by atoms with E-state index in [1.165, 1.54) is 18.5 Å². The van der Waals surface area contributed by atoms with Gasteiger partial charge in [-0.05, 0) is 6.92 Å². The quantitative estimate of drug-likeness (QED) is 0.634. The Kier molecular flexibility index (Phi) is 3.54. The molecule has 0 amide bonds. The summed E-state index contributed by atoms with van der Waals surface area (Å²) in [5.41, 5.74) is 0. The van der Waals surface area contributed by atoms with Crippen molar-refractivity contribution in [3.63, 3.8) is 0 Å². The van der Waals surface area contributed by atoms with Crippen molar-refractivity contribution in [2.75, 3.05) is 6.61 Å². The molecule has 1 aromatic heterocycles. The molecule has 0 radical (unpaired) electrons. The molecule has 0 aromatic carbocycles. The van der Waals surface area contributed by atoms with Crippen molar-refractivity contribution in [1.82, 2.24) is 4.98 Å². The maximum absolute atomic E-state index is 8.49. The second kappa shape index (κ2) is 4.69. The summed E-state index contributed by atoms with van der Waals surface area (Å²) in [6, 6.07) is 1.52. The van der Waals surface area contributed by atoms with Gasteiger partial charge in [-0.3, -0.25) is 4.98 Å². The molecule has 13 heavy (non-hydrogen) atoms. The van der Waals surface area contributed by atoms with Crippen molar-refractivity contribution < 1.29 is 19.4 Å². The van der Waals surface area contributed by atoms with Gasteiger partial charge in [0.2, 0.25) is 0 Å². The number of hydrogen-bond donors (Lipinski definition) is 2. The molecule has 0 aliphatic carbocycles. The van der Waals surface area contributed by atoms with E-state index in [2.05, 4.69) is 9.64 Å². The van der Waals surface area contributed by atoms with Crippen LogP contribution in [0.2, 0.25) is 0 Å². The molecule has 0 aliphatic rings. The van der Waals surface area contributed by atoms with Crippen LogP contribution in [-0.2, 0) is 0 Å². The minimum atomic E-state index is -1.83. The Labute approximate surface area is 76.1 Å². The molecule has 0 saturated carbocycles. The molecule has 70 valence electrons. The third kappa shape index (κ3) is 3.31. The molecule has 0 atom stereocenters. The molecular weight excluding hydrogens is 173 g/mol. The highest BCUT2D eigenvalue weighted by Crippen LogP contribution is 2.17. The van der Waals surface area contributed by atoms with Gasteiger partial charge in [0.05, 0.1) is 19.0 Å². The first-order valence-corrected chi connectivity index (χ1v) is 3.83. The van der Waals surface area contributed by atoms with Gasteiger partial charge in [0.25, 0.3) is 0 Å². The van der Waals surface area contributed by atoms with Gasteiger partial charge >= 0.3 is 7.32 Å². The van der Waals surface area contributed by atoms with E-state index in [9.17, 15) is 0 Å². The largest absolute Gasteiger partial charge is 0.707 e. The van der Waals surface area contributed by atoms with E-state index in [4.69, 9.17) is 14.8 Å². The summed E-state index contributed by atoms with van der Waals surface area (Å²) < 4.78 is 9.69. The highest BCUT2D eigenvalue weighted by Gasteiger charge is 2.11. The topological polar surface area (TPSA) is 71.8 Å². The lowest BCUT2D eigenvalue weighted by Crippen LogP contribution is -2.20. The summed E-state index contributed by atoms with van der Waals surface area (Å²) in [6.45, 7) is 2.36. The van der Waals surface area contributed by atoms with Crippen LogP contribution in [0, 0.1) is 0 Å². The maximum atomic E-state index is 8.49. The van der Waals surface area contributed by atoms with Crippen LogP contribution >= 0.6 is 0 Å². The van der Waals surface area contributed by atoms with Gasteiger partial charge in [0, 0.05) is 6.07 Å². The monoisotopic (exact) mass is 183 g/mol. The minimum absolute atomic E-state index is 0.251. The number of hydrogen-bond acceptors (Lipinski definition) is 5. The van der Waals surface area contributed by atoms with Crippen LogP contribution in [0.15, 0.2) is 18.5 Å². The second-order valence-corrected chi connectivity index (χ2v) is 2.23. The molecule has 1 heterocycles. The zero-order valence-corrected chi connectivity index (χ0v) is 7.17. The van der Waals surface area contributed by atoms with Gasteiger partial charge in [0.1, 0.15) is 11.5 Å². The van der Waals surface area contributed by atoms with Crippen molar-refractivity contribution in [2.45, 2.75) is 6.92 Å². The molecule has 5 nitrogen and oxygen atoms in total. The Hall–Kier alpha value is -1.27. The van der Waals surface area contributed by atoms with E-state index in [0.29, 0.717) is 12.4 Å². The van der Waals surface area contributed by atoms with Crippen LogP contribution in [0.5, 0.6) is 11.5 Å². The molecule has 6 heteroatoms. The summed E-state index contributed by atoms with van der Waals surface area (Å²) in [5.74, 6) is 0.779. The molecule has 0 bridgehead atoms. The first kappa shape index (κ1) is 9.82. The predicted octanol–water partition coefficient (Wildman–Crippen LogP) is -0.171. The molecule has 1 aromatic rings. The number of ether oxygens (including phenoxy) is 1. The third-order valence-electron chi connectivity index (χ3n) is 1.24. The Morgan fingerprint density at radius 1 is 1.38 bits per heavy atom. The van der Waals surface area contributed by atoms with Crippen LogP contribution in [0.1, 0.15) is 6.92 Å². The molecule has 0 saturated heterocycles. The minimum Gasteiger partial charge on any atom is -0.511 e. The van der Waals surface area contributed by atoms with Crippen LogP contribution in [0.3, 0.4) is 0 Å². The average molecular weight is 183 g/mol. The van der Waals surface area contributed by atoms with Crippen LogP contribution < -0.4 is 9.39 Å². The Morgan fingerprint density at radius 2 is 2.08 bits per heavy atom. The molecular formula is C7H10BNO4.